The fourth-order valence-corrected chi connectivity index (χ4v) is 1.71. The molecule has 102 valence electrons. The summed E-state index contributed by atoms with van der Waals surface area (Å²) >= 11 is 5.98. The summed E-state index contributed by atoms with van der Waals surface area (Å²) in [7, 11) is 2.46. The van der Waals surface area contributed by atoms with Crippen LogP contribution in [0.1, 0.15) is 12.0 Å². The first-order valence-electron chi connectivity index (χ1n) is 5.67. The van der Waals surface area contributed by atoms with Gasteiger partial charge < -0.3 is 9.47 Å². The summed E-state index contributed by atoms with van der Waals surface area (Å²) < 4.78 is 9.12. The average molecular weight is 283 g/mol. The fourth-order valence-electron chi connectivity index (χ4n) is 1.51. The molecule has 1 rings (SSSR count). The highest BCUT2D eigenvalue weighted by molar-refractivity contribution is 6.32. The van der Waals surface area contributed by atoms with Crippen LogP contribution in [0.4, 0.5) is 0 Å². The molecular formula is C14H15ClO4. The van der Waals surface area contributed by atoms with Crippen LogP contribution in [0.2, 0.25) is 5.02 Å². The number of halogens is 1. The Hall–Kier alpha value is -1.81. The average Bonchev–Trinajstić information content (AvgIpc) is 2.44. The molecule has 0 fully saturated rings. The van der Waals surface area contributed by atoms with Crippen LogP contribution in [0.25, 0.3) is 6.08 Å². The van der Waals surface area contributed by atoms with E-state index in [-0.39, 0.29) is 6.42 Å². The molecule has 0 bridgehead atoms. The highest BCUT2D eigenvalue weighted by Crippen LogP contribution is 2.17. The van der Waals surface area contributed by atoms with Crippen molar-refractivity contribution in [1.29, 1.82) is 0 Å². The Labute approximate surface area is 117 Å². The lowest BCUT2D eigenvalue weighted by Crippen LogP contribution is -2.25. The second-order valence-corrected chi connectivity index (χ2v) is 4.17. The summed E-state index contributed by atoms with van der Waals surface area (Å²) in [6.07, 6.45) is 3.64. The van der Waals surface area contributed by atoms with Gasteiger partial charge in [0.05, 0.1) is 14.2 Å². The summed E-state index contributed by atoms with van der Waals surface area (Å²) in [6.45, 7) is 0. The minimum atomic E-state index is -0.950. The lowest BCUT2D eigenvalue weighted by Gasteiger charge is -2.09. The first kappa shape index (κ1) is 15.2. The Morgan fingerprint density at radius 1 is 1.21 bits per heavy atom. The van der Waals surface area contributed by atoms with Crippen molar-refractivity contribution in [3.63, 3.8) is 0 Å². The molecule has 1 aromatic rings. The van der Waals surface area contributed by atoms with Crippen LogP contribution in [0.3, 0.4) is 0 Å². The van der Waals surface area contributed by atoms with Crippen molar-refractivity contribution >= 4 is 29.6 Å². The first-order valence-corrected chi connectivity index (χ1v) is 6.04. The second kappa shape index (κ2) is 7.59. The Morgan fingerprint density at radius 2 is 1.79 bits per heavy atom. The van der Waals surface area contributed by atoms with Crippen LogP contribution in [0.5, 0.6) is 0 Å². The van der Waals surface area contributed by atoms with Crippen LogP contribution in [-0.2, 0) is 19.1 Å². The zero-order valence-corrected chi connectivity index (χ0v) is 11.5. The molecule has 0 saturated heterocycles. The number of methoxy groups -OCH3 is 2. The zero-order valence-electron chi connectivity index (χ0n) is 10.8. The molecule has 0 saturated carbocycles. The maximum Gasteiger partial charge on any atom is 0.320 e. The number of carbonyl (C=O) groups excluding carboxylic acids is 2. The van der Waals surface area contributed by atoms with Crippen molar-refractivity contribution in [2.75, 3.05) is 14.2 Å². The van der Waals surface area contributed by atoms with Crippen LogP contribution in [-0.4, -0.2) is 26.2 Å². The van der Waals surface area contributed by atoms with Gasteiger partial charge in [-0.3, -0.25) is 9.59 Å². The third-order valence-electron chi connectivity index (χ3n) is 2.55. The molecule has 0 amide bonds. The van der Waals surface area contributed by atoms with Gasteiger partial charge in [0.2, 0.25) is 0 Å². The molecule has 0 unspecified atom stereocenters. The molecule has 5 heteroatoms. The third kappa shape index (κ3) is 4.41. The van der Waals surface area contributed by atoms with E-state index in [0.29, 0.717) is 5.02 Å². The minimum absolute atomic E-state index is 0.199. The van der Waals surface area contributed by atoms with Gasteiger partial charge in [0, 0.05) is 5.02 Å². The molecule has 0 radical (unpaired) electrons. The predicted molar refractivity (Wildman–Crippen MR) is 72.6 cm³/mol. The lowest BCUT2D eigenvalue weighted by atomic mass is 10.0. The molecule has 0 spiro atoms. The van der Waals surface area contributed by atoms with Crippen molar-refractivity contribution < 1.29 is 19.1 Å². The Kier molecular flexibility index (Phi) is 6.09. The van der Waals surface area contributed by atoms with Crippen LogP contribution < -0.4 is 0 Å². The standard InChI is InChI=1S/C14H15ClO4/c1-18-13(16)11(14(17)19-2)8-5-7-10-6-3-4-9-12(10)15/h3-7,9,11H,8H2,1-2H3/b7-5+. The van der Waals surface area contributed by atoms with E-state index in [9.17, 15) is 9.59 Å². The molecule has 0 aromatic heterocycles. The monoisotopic (exact) mass is 282 g/mol. The van der Waals surface area contributed by atoms with Gasteiger partial charge in [0.25, 0.3) is 0 Å². The van der Waals surface area contributed by atoms with E-state index in [2.05, 4.69) is 9.47 Å². The van der Waals surface area contributed by atoms with Crippen molar-refractivity contribution in [2.24, 2.45) is 5.92 Å². The minimum Gasteiger partial charge on any atom is -0.468 e. The third-order valence-corrected chi connectivity index (χ3v) is 2.89. The topological polar surface area (TPSA) is 52.6 Å². The molecule has 0 N–H and O–H groups in total. The maximum absolute atomic E-state index is 11.4. The number of hydrogen-bond donors (Lipinski definition) is 0. The molecule has 0 aliphatic carbocycles. The zero-order chi connectivity index (χ0) is 14.3. The molecule has 0 aliphatic rings. The van der Waals surface area contributed by atoms with Gasteiger partial charge in [-0.1, -0.05) is 42.0 Å². The Bertz CT molecular complexity index is 466. The molecule has 0 heterocycles. The van der Waals surface area contributed by atoms with Gasteiger partial charge in [-0.2, -0.15) is 0 Å². The van der Waals surface area contributed by atoms with Crippen LogP contribution >= 0.6 is 11.6 Å². The molecule has 1 aromatic carbocycles. The summed E-state index contributed by atoms with van der Waals surface area (Å²) in [5, 5.41) is 0.603. The summed E-state index contributed by atoms with van der Waals surface area (Å²) in [4.78, 5) is 22.9. The Balaban J connectivity index is 2.74. The SMILES string of the molecule is COC(=O)C(C/C=C/c1ccccc1Cl)C(=O)OC. The maximum atomic E-state index is 11.4. The van der Waals surface area contributed by atoms with E-state index in [1.165, 1.54) is 14.2 Å². The Morgan fingerprint density at radius 3 is 2.32 bits per heavy atom. The number of allylic oxidation sites excluding steroid dienone is 1. The second-order valence-electron chi connectivity index (χ2n) is 3.76. The molecule has 0 atom stereocenters. The van der Waals surface area contributed by atoms with E-state index >= 15 is 0 Å². The van der Waals surface area contributed by atoms with Gasteiger partial charge in [-0.25, -0.2) is 0 Å². The van der Waals surface area contributed by atoms with Crippen molar-refractivity contribution in [3.05, 3.63) is 40.9 Å². The first-order chi connectivity index (χ1) is 9.10. The van der Waals surface area contributed by atoms with E-state index < -0.39 is 17.9 Å². The van der Waals surface area contributed by atoms with Gasteiger partial charge in [-0.05, 0) is 18.1 Å². The quantitative estimate of drug-likeness (QED) is 0.615. The van der Waals surface area contributed by atoms with Crippen LogP contribution in [0.15, 0.2) is 30.3 Å². The van der Waals surface area contributed by atoms with Gasteiger partial charge >= 0.3 is 11.9 Å². The number of esters is 2. The van der Waals surface area contributed by atoms with Gasteiger partial charge in [0.1, 0.15) is 0 Å². The van der Waals surface area contributed by atoms with Crippen molar-refractivity contribution in [3.8, 4) is 0 Å². The van der Waals surface area contributed by atoms with E-state index in [4.69, 9.17) is 11.6 Å². The number of benzene rings is 1. The molecular weight excluding hydrogens is 268 g/mol. The van der Waals surface area contributed by atoms with E-state index in [0.717, 1.165) is 5.56 Å². The van der Waals surface area contributed by atoms with E-state index in [1.807, 2.05) is 18.2 Å². The largest absolute Gasteiger partial charge is 0.468 e. The number of carbonyl (C=O) groups is 2. The normalized spacial score (nSPS) is 10.7. The van der Waals surface area contributed by atoms with E-state index in [1.54, 1.807) is 18.2 Å². The molecule has 0 aliphatic heterocycles. The number of hydrogen-bond acceptors (Lipinski definition) is 4. The fraction of sp³-hybridized carbons (Fsp3) is 0.286. The smallest absolute Gasteiger partial charge is 0.320 e. The van der Waals surface area contributed by atoms with Crippen LogP contribution in [0, 0.1) is 5.92 Å². The van der Waals surface area contributed by atoms with Gasteiger partial charge in [0.15, 0.2) is 5.92 Å². The summed E-state index contributed by atoms with van der Waals surface area (Å²) in [5.74, 6) is -2.18. The predicted octanol–water partition coefficient (Wildman–Crippen LogP) is 2.71. The highest BCUT2D eigenvalue weighted by Gasteiger charge is 2.27. The summed E-state index contributed by atoms with van der Waals surface area (Å²) in [6, 6.07) is 7.28. The lowest BCUT2D eigenvalue weighted by molar-refractivity contribution is -0.158. The summed E-state index contributed by atoms with van der Waals surface area (Å²) in [5.41, 5.74) is 0.817. The van der Waals surface area contributed by atoms with Crippen molar-refractivity contribution in [2.45, 2.75) is 6.42 Å². The molecule has 19 heavy (non-hydrogen) atoms. The number of ether oxygens (including phenoxy) is 2. The van der Waals surface area contributed by atoms with Crippen molar-refractivity contribution in [1.82, 2.24) is 0 Å². The highest BCUT2D eigenvalue weighted by atomic mass is 35.5. The number of rotatable bonds is 5. The van der Waals surface area contributed by atoms with Gasteiger partial charge in [-0.15, -0.1) is 0 Å². The molecule has 4 nitrogen and oxygen atoms in total.